The molecule has 0 spiro atoms. The maximum Gasteiger partial charge on any atom is 0.160 e. The van der Waals surface area contributed by atoms with Gasteiger partial charge in [-0.15, -0.1) is 0 Å². The van der Waals surface area contributed by atoms with Gasteiger partial charge in [0.25, 0.3) is 0 Å². The summed E-state index contributed by atoms with van der Waals surface area (Å²) in [5, 5.41) is 4.88. The maximum absolute atomic E-state index is 5.13. The van der Waals surface area contributed by atoms with E-state index in [9.17, 15) is 0 Å². The van der Waals surface area contributed by atoms with E-state index in [0.717, 1.165) is 72.7 Å². The normalized spacial score (nSPS) is 11.4. The second-order valence-electron chi connectivity index (χ2n) is 21.2. The lowest BCUT2D eigenvalue weighted by molar-refractivity contribution is 1.18. The van der Waals surface area contributed by atoms with Crippen LogP contribution in [0.2, 0.25) is 0 Å². The molecular formula is C80H58N4. The lowest BCUT2D eigenvalue weighted by Crippen LogP contribution is -1.96. The van der Waals surface area contributed by atoms with E-state index in [-0.39, 0.29) is 0 Å². The zero-order valence-electron chi connectivity index (χ0n) is 46.8. The first-order valence-electron chi connectivity index (χ1n) is 28.8. The molecule has 3 aromatic heterocycles. The minimum Gasteiger partial charge on any atom is -0.309 e. The Labute approximate surface area is 490 Å². The molecule has 15 aromatic rings. The Morgan fingerprint density at radius 2 is 0.512 bits per heavy atom. The van der Waals surface area contributed by atoms with Crippen molar-refractivity contribution < 1.29 is 0 Å². The first-order valence-corrected chi connectivity index (χ1v) is 28.8. The van der Waals surface area contributed by atoms with E-state index in [0.29, 0.717) is 5.82 Å². The van der Waals surface area contributed by atoms with Crippen molar-refractivity contribution in [3.8, 4) is 101 Å². The number of aromatic nitrogens is 4. The van der Waals surface area contributed by atoms with Crippen LogP contribution in [0, 0.1) is 0 Å². The molecule has 12 aromatic carbocycles. The number of hydrogen-bond donors (Lipinski definition) is 0. The standard InChI is InChI=1S/C76H50N4.C4H8/c1-6-18-51(19-7-1)59-34-40-72-66(46-59)68-48-61(36-42-73(68)79(72)64-30-14-5-15-31-64)62-37-43-75-69(49-62)67-47-60(52-20-8-2-9-21-52)35-41-74(67)80(75)65-38-32-53(33-39-65)56-26-16-27-57(44-56)58-28-17-29-63(45-58)71-50-70(54-22-10-3-11-23-54)77-76(78-71)55-24-12-4-13-25-55;1-3-4-2/h1-50H;3-4H,1-2H3/b;4-3-. The Morgan fingerprint density at radius 3 is 0.940 bits per heavy atom. The number of para-hydroxylation sites is 1. The Balaban J connectivity index is 0.00000152. The average Bonchev–Trinajstić information content (AvgIpc) is 2.99. The number of benzene rings is 12. The number of rotatable bonds is 10. The highest BCUT2D eigenvalue weighted by atomic mass is 15.0. The fourth-order valence-corrected chi connectivity index (χ4v) is 11.8. The van der Waals surface area contributed by atoms with Gasteiger partial charge in [-0.05, 0) is 160 Å². The molecule has 0 amide bonds. The molecule has 84 heavy (non-hydrogen) atoms. The van der Waals surface area contributed by atoms with Gasteiger partial charge in [-0.25, -0.2) is 9.97 Å². The van der Waals surface area contributed by atoms with E-state index in [1.54, 1.807) is 0 Å². The third-order valence-electron chi connectivity index (χ3n) is 16.1. The summed E-state index contributed by atoms with van der Waals surface area (Å²) in [6.45, 7) is 4.00. The third-order valence-corrected chi connectivity index (χ3v) is 16.1. The molecule has 0 unspecified atom stereocenters. The second-order valence-corrected chi connectivity index (χ2v) is 21.2. The molecule has 15 rings (SSSR count). The Kier molecular flexibility index (Phi) is 13.7. The Bertz CT molecular complexity index is 4810. The van der Waals surface area contributed by atoms with Gasteiger partial charge < -0.3 is 9.13 Å². The lowest BCUT2D eigenvalue weighted by atomic mass is 9.97. The molecule has 4 nitrogen and oxygen atoms in total. The summed E-state index contributed by atoms with van der Waals surface area (Å²) in [7, 11) is 0. The number of hydrogen-bond acceptors (Lipinski definition) is 2. The molecule has 0 saturated carbocycles. The minimum atomic E-state index is 0.705. The van der Waals surface area contributed by atoms with Crippen LogP contribution in [0.25, 0.3) is 145 Å². The van der Waals surface area contributed by atoms with Crippen molar-refractivity contribution in [3.63, 3.8) is 0 Å². The van der Waals surface area contributed by atoms with Crippen molar-refractivity contribution in [2.24, 2.45) is 0 Å². The van der Waals surface area contributed by atoms with Crippen molar-refractivity contribution in [2.45, 2.75) is 13.8 Å². The van der Waals surface area contributed by atoms with Crippen molar-refractivity contribution >= 4 is 43.6 Å². The average molecular weight is 1080 g/mol. The number of allylic oxidation sites excluding steroid dienone is 2. The van der Waals surface area contributed by atoms with Crippen molar-refractivity contribution in [2.75, 3.05) is 0 Å². The predicted octanol–water partition coefficient (Wildman–Crippen LogP) is 21.6. The molecule has 0 bridgehead atoms. The maximum atomic E-state index is 5.13. The van der Waals surface area contributed by atoms with Gasteiger partial charge in [0.1, 0.15) is 0 Å². The molecule has 3 heterocycles. The highest BCUT2D eigenvalue weighted by molar-refractivity contribution is 6.14. The molecule has 0 saturated heterocycles. The topological polar surface area (TPSA) is 35.6 Å². The van der Waals surface area contributed by atoms with Gasteiger partial charge in [0.2, 0.25) is 0 Å². The lowest BCUT2D eigenvalue weighted by Gasteiger charge is -2.12. The summed E-state index contributed by atoms with van der Waals surface area (Å²) in [6, 6.07) is 109. The van der Waals surface area contributed by atoms with Crippen LogP contribution in [0.5, 0.6) is 0 Å². The van der Waals surface area contributed by atoms with E-state index in [2.05, 4.69) is 288 Å². The largest absolute Gasteiger partial charge is 0.309 e. The van der Waals surface area contributed by atoms with Gasteiger partial charge in [-0.1, -0.05) is 224 Å². The first-order chi connectivity index (χ1) is 41.5. The van der Waals surface area contributed by atoms with Crippen LogP contribution in [-0.2, 0) is 0 Å². The fourth-order valence-electron chi connectivity index (χ4n) is 11.8. The third kappa shape index (κ3) is 9.86. The van der Waals surface area contributed by atoms with Crippen LogP contribution >= 0.6 is 0 Å². The number of fused-ring (bicyclic) bond motifs is 6. The monoisotopic (exact) mass is 1070 g/mol. The molecular weight excluding hydrogens is 1020 g/mol. The van der Waals surface area contributed by atoms with Gasteiger partial charge in [0.05, 0.1) is 33.5 Å². The summed E-state index contributed by atoms with van der Waals surface area (Å²) in [6.07, 6.45) is 4.00. The van der Waals surface area contributed by atoms with Gasteiger partial charge >= 0.3 is 0 Å². The van der Waals surface area contributed by atoms with Crippen LogP contribution < -0.4 is 0 Å². The zero-order chi connectivity index (χ0) is 56.3. The molecule has 4 heteroatoms. The summed E-state index contributed by atoms with van der Waals surface area (Å²) in [4.78, 5) is 10.2. The minimum absolute atomic E-state index is 0.705. The van der Waals surface area contributed by atoms with Crippen LogP contribution in [0.4, 0.5) is 0 Å². The summed E-state index contributed by atoms with van der Waals surface area (Å²) in [5.74, 6) is 0.705. The highest BCUT2D eigenvalue weighted by Crippen LogP contribution is 2.41. The van der Waals surface area contributed by atoms with Crippen molar-refractivity contribution in [1.29, 1.82) is 0 Å². The van der Waals surface area contributed by atoms with E-state index in [1.807, 2.05) is 50.3 Å². The summed E-state index contributed by atoms with van der Waals surface area (Å²) >= 11 is 0. The molecule has 0 fully saturated rings. The van der Waals surface area contributed by atoms with Crippen molar-refractivity contribution in [3.05, 3.63) is 315 Å². The summed E-state index contributed by atoms with van der Waals surface area (Å²) < 4.78 is 4.83. The van der Waals surface area contributed by atoms with Crippen LogP contribution in [0.3, 0.4) is 0 Å². The van der Waals surface area contributed by atoms with E-state index in [1.165, 1.54) is 66.0 Å². The van der Waals surface area contributed by atoms with Gasteiger partial charge in [-0.3, -0.25) is 0 Å². The highest BCUT2D eigenvalue weighted by Gasteiger charge is 2.19. The smallest absolute Gasteiger partial charge is 0.160 e. The molecule has 0 atom stereocenters. The van der Waals surface area contributed by atoms with Crippen LogP contribution in [0.15, 0.2) is 315 Å². The zero-order valence-corrected chi connectivity index (χ0v) is 46.8. The molecule has 398 valence electrons. The molecule has 0 radical (unpaired) electrons. The number of nitrogens with zero attached hydrogens (tertiary/aromatic N) is 4. The molecule has 0 aliphatic rings. The molecule has 0 aliphatic carbocycles. The second kappa shape index (κ2) is 22.5. The van der Waals surface area contributed by atoms with E-state index in [4.69, 9.17) is 9.97 Å². The molecule has 0 N–H and O–H groups in total. The van der Waals surface area contributed by atoms with Crippen molar-refractivity contribution in [1.82, 2.24) is 19.1 Å². The van der Waals surface area contributed by atoms with E-state index < -0.39 is 0 Å². The van der Waals surface area contributed by atoms with E-state index >= 15 is 0 Å². The SMILES string of the molecule is C/C=C\C.c1ccc(-c2ccc3c(c2)c2cc(-c4ccc5c(c4)c4cc(-c6ccccc6)ccc4n5-c4ccc(-c5cccc(-c6cccc(-c7cc(-c8ccccc8)nc(-c8ccccc8)n7)c6)c5)cc4)ccc2n3-c2ccccc2)cc1. The quantitative estimate of drug-likeness (QED) is 0.128. The fraction of sp³-hybridized carbons (Fsp3) is 0.0250. The summed E-state index contributed by atoms with van der Waals surface area (Å²) in [5.41, 5.74) is 23.5. The first kappa shape index (κ1) is 51.2. The van der Waals surface area contributed by atoms with Gasteiger partial charge in [0.15, 0.2) is 5.82 Å². The van der Waals surface area contributed by atoms with Crippen LogP contribution in [0.1, 0.15) is 13.8 Å². The Morgan fingerprint density at radius 1 is 0.226 bits per heavy atom. The predicted molar refractivity (Wildman–Crippen MR) is 355 cm³/mol. The molecule has 0 aliphatic heterocycles. The Hall–Kier alpha value is -10.9. The van der Waals surface area contributed by atoms with Crippen LogP contribution in [-0.4, -0.2) is 19.1 Å². The van der Waals surface area contributed by atoms with Gasteiger partial charge in [0, 0.05) is 49.6 Å². The van der Waals surface area contributed by atoms with Gasteiger partial charge in [-0.2, -0.15) is 0 Å².